The van der Waals surface area contributed by atoms with Crippen LogP contribution in [-0.4, -0.2) is 28.1 Å². The summed E-state index contributed by atoms with van der Waals surface area (Å²) in [4.78, 5) is 16.2. The molecule has 1 fully saturated rings. The quantitative estimate of drug-likeness (QED) is 0.783. The van der Waals surface area contributed by atoms with Crippen molar-refractivity contribution in [3.63, 3.8) is 0 Å². The van der Waals surface area contributed by atoms with Crippen LogP contribution in [0, 0.1) is 12.8 Å². The monoisotopic (exact) mass is 277 g/mol. The van der Waals surface area contributed by atoms with E-state index in [1.54, 1.807) is 13.0 Å². The van der Waals surface area contributed by atoms with Crippen molar-refractivity contribution in [1.82, 2.24) is 10.3 Å². The highest BCUT2D eigenvalue weighted by molar-refractivity contribution is 5.95. The van der Waals surface area contributed by atoms with Gasteiger partial charge in [-0.1, -0.05) is 6.92 Å². The number of pyridine rings is 1. The summed E-state index contributed by atoms with van der Waals surface area (Å²) in [5.41, 5.74) is 6.45. The second-order valence-corrected chi connectivity index (χ2v) is 5.99. The lowest BCUT2D eigenvalue weighted by Gasteiger charge is -2.35. The van der Waals surface area contributed by atoms with E-state index in [2.05, 4.69) is 17.2 Å². The lowest BCUT2D eigenvalue weighted by atomic mass is 9.79. The van der Waals surface area contributed by atoms with Gasteiger partial charge in [-0.2, -0.15) is 0 Å². The molecule has 1 aromatic heterocycles. The Kier molecular flexibility index (Phi) is 4.28. The first-order valence-corrected chi connectivity index (χ1v) is 7.12. The molecule has 0 spiro atoms. The Morgan fingerprint density at radius 2 is 2.20 bits per heavy atom. The molecule has 0 aliphatic heterocycles. The Balaban J connectivity index is 1.97. The van der Waals surface area contributed by atoms with Gasteiger partial charge in [-0.25, -0.2) is 0 Å². The van der Waals surface area contributed by atoms with Gasteiger partial charge in [0.2, 0.25) is 0 Å². The van der Waals surface area contributed by atoms with Gasteiger partial charge in [-0.15, -0.1) is 0 Å². The maximum absolute atomic E-state index is 12.1. The number of carbonyl (C=O) groups is 1. The topological polar surface area (TPSA) is 88.2 Å². The molecule has 0 saturated heterocycles. The second kappa shape index (κ2) is 5.79. The Labute approximate surface area is 119 Å². The molecule has 0 aromatic carbocycles. The van der Waals surface area contributed by atoms with Crippen LogP contribution in [0.4, 0.5) is 5.69 Å². The fourth-order valence-electron chi connectivity index (χ4n) is 2.60. The SMILES string of the molecule is Cc1ncc(N)cc1C(=O)NCC1(O)CCC(C)CC1. The van der Waals surface area contributed by atoms with E-state index in [9.17, 15) is 9.90 Å². The molecule has 0 radical (unpaired) electrons. The first-order chi connectivity index (χ1) is 9.39. The van der Waals surface area contributed by atoms with Crippen molar-refractivity contribution < 1.29 is 9.90 Å². The molecule has 1 aliphatic carbocycles. The minimum atomic E-state index is -0.774. The van der Waals surface area contributed by atoms with Gasteiger partial charge < -0.3 is 16.2 Å². The maximum atomic E-state index is 12.1. The number of nitrogen functional groups attached to an aromatic ring is 1. The fraction of sp³-hybridized carbons (Fsp3) is 0.600. The highest BCUT2D eigenvalue weighted by Crippen LogP contribution is 2.31. The van der Waals surface area contributed by atoms with Crippen LogP contribution in [-0.2, 0) is 0 Å². The average Bonchev–Trinajstić information content (AvgIpc) is 2.43. The van der Waals surface area contributed by atoms with Crippen molar-refractivity contribution in [3.8, 4) is 0 Å². The summed E-state index contributed by atoms with van der Waals surface area (Å²) in [6.45, 7) is 4.25. The molecule has 1 aliphatic rings. The van der Waals surface area contributed by atoms with Crippen molar-refractivity contribution in [2.75, 3.05) is 12.3 Å². The lowest BCUT2D eigenvalue weighted by Crippen LogP contribution is -2.45. The summed E-state index contributed by atoms with van der Waals surface area (Å²) in [6.07, 6.45) is 5.02. The Bertz CT molecular complexity index is 494. The Hall–Kier alpha value is -1.62. The van der Waals surface area contributed by atoms with Gasteiger partial charge in [0.1, 0.15) is 0 Å². The zero-order chi connectivity index (χ0) is 14.8. The third-order valence-electron chi connectivity index (χ3n) is 4.14. The van der Waals surface area contributed by atoms with Crippen molar-refractivity contribution in [3.05, 3.63) is 23.5 Å². The van der Waals surface area contributed by atoms with E-state index in [4.69, 9.17) is 5.73 Å². The van der Waals surface area contributed by atoms with Crippen LogP contribution < -0.4 is 11.1 Å². The Morgan fingerprint density at radius 1 is 1.55 bits per heavy atom. The normalized spacial score (nSPS) is 26.2. The summed E-state index contributed by atoms with van der Waals surface area (Å²) < 4.78 is 0. The molecule has 110 valence electrons. The van der Waals surface area contributed by atoms with Gasteiger partial charge in [0.25, 0.3) is 5.91 Å². The highest BCUT2D eigenvalue weighted by Gasteiger charge is 2.32. The number of anilines is 1. The van der Waals surface area contributed by atoms with Crippen molar-refractivity contribution >= 4 is 11.6 Å². The van der Waals surface area contributed by atoms with Gasteiger partial charge >= 0.3 is 0 Å². The predicted molar refractivity (Wildman–Crippen MR) is 78.3 cm³/mol. The molecule has 5 nitrogen and oxygen atoms in total. The summed E-state index contributed by atoms with van der Waals surface area (Å²) in [5, 5.41) is 13.3. The van der Waals surface area contributed by atoms with Crippen LogP contribution >= 0.6 is 0 Å². The lowest BCUT2D eigenvalue weighted by molar-refractivity contribution is -0.00540. The fourth-order valence-corrected chi connectivity index (χ4v) is 2.60. The molecule has 1 amide bonds. The van der Waals surface area contributed by atoms with Crippen LogP contribution in [0.25, 0.3) is 0 Å². The Morgan fingerprint density at radius 3 is 2.85 bits per heavy atom. The van der Waals surface area contributed by atoms with Gasteiger partial charge in [-0.05, 0) is 44.6 Å². The first kappa shape index (κ1) is 14.8. The minimum Gasteiger partial charge on any atom is -0.397 e. The van der Waals surface area contributed by atoms with E-state index in [1.165, 1.54) is 6.20 Å². The molecule has 5 heteroatoms. The number of carbonyl (C=O) groups excluding carboxylic acids is 1. The van der Waals surface area contributed by atoms with E-state index in [-0.39, 0.29) is 12.5 Å². The number of aliphatic hydroxyl groups is 1. The molecule has 20 heavy (non-hydrogen) atoms. The van der Waals surface area contributed by atoms with E-state index in [1.807, 2.05) is 0 Å². The number of aromatic nitrogens is 1. The molecule has 2 rings (SSSR count). The molecule has 0 bridgehead atoms. The summed E-state index contributed by atoms with van der Waals surface area (Å²) in [7, 11) is 0. The number of nitrogens with one attached hydrogen (secondary N) is 1. The van der Waals surface area contributed by atoms with Crippen LogP contribution in [0.1, 0.15) is 48.7 Å². The van der Waals surface area contributed by atoms with Crippen molar-refractivity contribution in [2.45, 2.75) is 45.1 Å². The average molecular weight is 277 g/mol. The molecule has 1 heterocycles. The van der Waals surface area contributed by atoms with Crippen LogP contribution in [0.2, 0.25) is 0 Å². The molecule has 0 atom stereocenters. The van der Waals surface area contributed by atoms with Crippen LogP contribution in [0.15, 0.2) is 12.3 Å². The molecular weight excluding hydrogens is 254 g/mol. The zero-order valence-electron chi connectivity index (χ0n) is 12.1. The first-order valence-electron chi connectivity index (χ1n) is 7.12. The standard InChI is InChI=1S/C15H23N3O2/c1-10-3-5-15(20,6-4-10)9-18-14(19)13-7-12(16)8-17-11(13)2/h7-8,10,20H,3-6,9,16H2,1-2H3,(H,18,19). The van der Waals surface area contributed by atoms with Crippen LogP contribution in [0.3, 0.4) is 0 Å². The summed E-state index contributed by atoms with van der Waals surface area (Å²) in [5.74, 6) is 0.431. The van der Waals surface area contributed by atoms with Gasteiger partial charge in [0.05, 0.1) is 28.7 Å². The van der Waals surface area contributed by atoms with Gasteiger partial charge in [0.15, 0.2) is 0 Å². The number of amides is 1. The van der Waals surface area contributed by atoms with Crippen molar-refractivity contribution in [1.29, 1.82) is 0 Å². The van der Waals surface area contributed by atoms with E-state index >= 15 is 0 Å². The maximum Gasteiger partial charge on any atom is 0.253 e. The predicted octanol–water partition coefficient (Wildman–Crippen LogP) is 1.64. The third kappa shape index (κ3) is 3.48. The summed E-state index contributed by atoms with van der Waals surface area (Å²) in [6, 6.07) is 1.62. The second-order valence-electron chi connectivity index (χ2n) is 5.99. The molecular formula is C15H23N3O2. The number of nitrogens with zero attached hydrogens (tertiary/aromatic N) is 1. The van der Waals surface area contributed by atoms with Crippen molar-refractivity contribution in [2.24, 2.45) is 5.92 Å². The van der Waals surface area contributed by atoms with E-state index in [0.717, 1.165) is 25.7 Å². The van der Waals surface area contributed by atoms with E-state index < -0.39 is 5.60 Å². The number of hydrogen-bond acceptors (Lipinski definition) is 4. The molecule has 4 N–H and O–H groups in total. The van der Waals surface area contributed by atoms with Gasteiger partial charge in [-0.3, -0.25) is 9.78 Å². The molecule has 1 aromatic rings. The smallest absolute Gasteiger partial charge is 0.253 e. The summed E-state index contributed by atoms with van der Waals surface area (Å²) >= 11 is 0. The number of hydrogen-bond donors (Lipinski definition) is 3. The van der Waals surface area contributed by atoms with E-state index in [0.29, 0.717) is 22.9 Å². The number of nitrogens with two attached hydrogens (primary N) is 1. The molecule has 0 unspecified atom stereocenters. The largest absolute Gasteiger partial charge is 0.397 e. The third-order valence-corrected chi connectivity index (χ3v) is 4.14. The number of aryl methyl sites for hydroxylation is 1. The minimum absolute atomic E-state index is 0.227. The zero-order valence-corrected chi connectivity index (χ0v) is 12.1. The highest BCUT2D eigenvalue weighted by atomic mass is 16.3. The molecule has 1 saturated carbocycles. The van der Waals surface area contributed by atoms with Gasteiger partial charge in [0, 0.05) is 6.54 Å². The number of rotatable bonds is 3. The van der Waals surface area contributed by atoms with Crippen LogP contribution in [0.5, 0.6) is 0 Å².